The Labute approximate surface area is 136 Å². The van der Waals surface area contributed by atoms with E-state index in [2.05, 4.69) is 37.0 Å². The van der Waals surface area contributed by atoms with Crippen LogP contribution in [0, 0.1) is 5.41 Å². The van der Waals surface area contributed by atoms with Gasteiger partial charge in [-0.15, -0.1) is 11.3 Å². The highest BCUT2D eigenvalue weighted by Gasteiger charge is 2.41. The first-order valence-corrected chi connectivity index (χ1v) is 8.97. The van der Waals surface area contributed by atoms with E-state index in [4.69, 9.17) is 0 Å². The van der Waals surface area contributed by atoms with Gasteiger partial charge in [-0.2, -0.15) is 0 Å². The van der Waals surface area contributed by atoms with Gasteiger partial charge in [0.15, 0.2) is 5.78 Å². The minimum absolute atomic E-state index is 0.200. The highest BCUT2D eigenvalue weighted by Crippen LogP contribution is 2.39. The van der Waals surface area contributed by atoms with Crippen molar-refractivity contribution in [1.82, 2.24) is 5.32 Å². The minimum Gasteiger partial charge on any atom is -0.316 e. The Hall–Kier alpha value is -1.45. The van der Waals surface area contributed by atoms with Crippen LogP contribution in [0.3, 0.4) is 0 Å². The summed E-state index contributed by atoms with van der Waals surface area (Å²) in [6.45, 7) is 7.81. The zero-order valence-electron chi connectivity index (χ0n) is 13.2. The molecule has 0 amide bonds. The molecule has 0 aliphatic carbocycles. The molecule has 2 heterocycles. The zero-order chi connectivity index (χ0) is 15.6. The summed E-state index contributed by atoms with van der Waals surface area (Å²) >= 11 is 1.67. The third-order valence-electron chi connectivity index (χ3n) is 4.81. The van der Waals surface area contributed by atoms with Crippen LogP contribution in [0.5, 0.6) is 0 Å². The lowest BCUT2D eigenvalue weighted by atomic mass is 9.75. The van der Waals surface area contributed by atoms with Gasteiger partial charge in [0.25, 0.3) is 0 Å². The minimum atomic E-state index is -0.200. The Kier molecular flexibility index (Phi) is 4.46. The Morgan fingerprint density at radius 3 is 3.05 bits per heavy atom. The molecule has 0 bridgehead atoms. The highest BCUT2D eigenvalue weighted by molar-refractivity contribution is 7.17. The largest absolute Gasteiger partial charge is 0.316 e. The molecule has 2 nitrogen and oxygen atoms in total. The number of hydrogen-bond donors (Lipinski definition) is 1. The van der Waals surface area contributed by atoms with Crippen LogP contribution in [-0.2, 0) is 0 Å². The van der Waals surface area contributed by atoms with Gasteiger partial charge in [0.05, 0.1) is 0 Å². The first-order chi connectivity index (χ1) is 10.7. The van der Waals surface area contributed by atoms with Crippen molar-refractivity contribution < 1.29 is 4.79 Å². The van der Waals surface area contributed by atoms with Crippen molar-refractivity contribution in [3.63, 3.8) is 0 Å². The van der Waals surface area contributed by atoms with E-state index in [0.717, 1.165) is 55.3 Å². The van der Waals surface area contributed by atoms with E-state index >= 15 is 0 Å². The summed E-state index contributed by atoms with van der Waals surface area (Å²) in [5, 5.41) is 6.54. The molecule has 1 aliphatic rings. The summed E-state index contributed by atoms with van der Waals surface area (Å²) in [5.74, 6) is 0.332. The molecule has 1 atom stereocenters. The van der Waals surface area contributed by atoms with Gasteiger partial charge in [-0.25, -0.2) is 0 Å². The van der Waals surface area contributed by atoms with Crippen molar-refractivity contribution in [2.75, 3.05) is 13.1 Å². The number of ketones is 1. The molecule has 1 aliphatic heterocycles. The molecule has 116 valence electrons. The summed E-state index contributed by atoms with van der Waals surface area (Å²) in [6.07, 6.45) is 6.06. The molecule has 3 heteroatoms. The molecule has 1 aromatic heterocycles. The number of carbonyl (C=O) groups excluding carboxylic acids is 1. The Morgan fingerprint density at radius 2 is 2.36 bits per heavy atom. The van der Waals surface area contributed by atoms with E-state index in [1.807, 2.05) is 11.5 Å². The van der Waals surface area contributed by atoms with E-state index in [1.54, 1.807) is 11.3 Å². The molecule has 1 fully saturated rings. The van der Waals surface area contributed by atoms with Gasteiger partial charge in [0.2, 0.25) is 0 Å². The van der Waals surface area contributed by atoms with Crippen molar-refractivity contribution in [3.05, 3.63) is 41.3 Å². The molecule has 22 heavy (non-hydrogen) atoms. The predicted molar refractivity (Wildman–Crippen MR) is 95.7 cm³/mol. The summed E-state index contributed by atoms with van der Waals surface area (Å²) < 4.78 is 1.19. The maximum atomic E-state index is 13.3. The fraction of sp³-hybridized carbons (Fsp3) is 0.421. The molecular weight excluding hydrogens is 290 g/mol. The number of carbonyl (C=O) groups is 1. The fourth-order valence-electron chi connectivity index (χ4n) is 3.41. The normalized spacial score (nSPS) is 21.3. The summed E-state index contributed by atoms with van der Waals surface area (Å²) in [6, 6.07) is 6.26. The van der Waals surface area contributed by atoms with E-state index in [9.17, 15) is 4.79 Å². The van der Waals surface area contributed by atoms with Gasteiger partial charge in [-0.05, 0) is 37.1 Å². The van der Waals surface area contributed by atoms with Crippen LogP contribution in [0.15, 0.2) is 30.2 Å². The second kappa shape index (κ2) is 6.35. The molecule has 0 radical (unpaired) electrons. The zero-order valence-corrected chi connectivity index (χ0v) is 14.0. The van der Waals surface area contributed by atoms with Crippen LogP contribution < -0.4 is 5.32 Å². The van der Waals surface area contributed by atoms with Crippen LogP contribution in [-0.4, -0.2) is 18.9 Å². The number of fused-ring (bicyclic) bond motifs is 1. The van der Waals surface area contributed by atoms with Crippen molar-refractivity contribution >= 4 is 33.3 Å². The molecule has 1 saturated heterocycles. The highest BCUT2D eigenvalue weighted by atomic mass is 32.1. The number of thiophene rings is 1. The average molecular weight is 313 g/mol. The number of benzene rings is 1. The summed E-state index contributed by atoms with van der Waals surface area (Å²) in [7, 11) is 0. The van der Waals surface area contributed by atoms with Gasteiger partial charge in [-0.1, -0.05) is 38.5 Å². The molecule has 1 aromatic carbocycles. The lowest BCUT2D eigenvalue weighted by Gasteiger charge is -2.26. The number of nitrogens with one attached hydrogen (secondary N) is 1. The van der Waals surface area contributed by atoms with Crippen molar-refractivity contribution in [2.45, 2.75) is 32.6 Å². The molecule has 2 aromatic rings. The van der Waals surface area contributed by atoms with Gasteiger partial charge >= 0.3 is 0 Å². The Balaban J connectivity index is 2.01. The maximum absolute atomic E-state index is 13.3. The van der Waals surface area contributed by atoms with Crippen molar-refractivity contribution in [1.29, 1.82) is 0 Å². The second-order valence-electron chi connectivity index (χ2n) is 6.25. The van der Waals surface area contributed by atoms with E-state index in [1.165, 1.54) is 4.70 Å². The topological polar surface area (TPSA) is 29.1 Å². The Bertz CT molecular complexity index is 695. The standard InChI is InChI=1S/C19H23NOS/c1-3-5-8-19(9-10-20-13-19)18(21)16-12-22-17-7-6-14(4-2)11-15(16)17/h4,6-7,11-12,20H,2-3,5,8-10,13H2,1H3. The van der Waals surface area contributed by atoms with Crippen LogP contribution in [0.4, 0.5) is 0 Å². The van der Waals surface area contributed by atoms with Crippen LogP contribution >= 0.6 is 11.3 Å². The number of unbranched alkanes of at least 4 members (excludes halogenated alkanes) is 1. The molecular formula is C19H23NOS. The number of hydrogen-bond acceptors (Lipinski definition) is 3. The summed E-state index contributed by atoms with van der Waals surface area (Å²) in [4.78, 5) is 13.3. The monoisotopic (exact) mass is 313 g/mol. The first-order valence-electron chi connectivity index (χ1n) is 8.09. The lowest BCUT2D eigenvalue weighted by molar-refractivity contribution is 0.0802. The fourth-order valence-corrected chi connectivity index (χ4v) is 4.34. The quantitative estimate of drug-likeness (QED) is 0.769. The van der Waals surface area contributed by atoms with Crippen LogP contribution in [0.25, 0.3) is 16.2 Å². The maximum Gasteiger partial charge on any atom is 0.171 e. The second-order valence-corrected chi connectivity index (χ2v) is 7.16. The lowest BCUT2D eigenvalue weighted by Crippen LogP contribution is -2.33. The third kappa shape index (κ3) is 2.64. The van der Waals surface area contributed by atoms with Gasteiger partial charge in [0.1, 0.15) is 0 Å². The SMILES string of the molecule is C=Cc1ccc2scc(C(=O)C3(CCCC)CCNC3)c2c1. The molecule has 0 saturated carbocycles. The van der Waals surface area contributed by atoms with Crippen LogP contribution in [0.1, 0.15) is 48.5 Å². The molecule has 1 N–H and O–H groups in total. The van der Waals surface area contributed by atoms with E-state index in [0.29, 0.717) is 5.78 Å². The molecule has 1 unspecified atom stereocenters. The number of rotatable bonds is 6. The van der Waals surface area contributed by atoms with E-state index < -0.39 is 0 Å². The number of Topliss-reactive ketones (excluding diaryl/α,β-unsaturated/α-hetero) is 1. The van der Waals surface area contributed by atoms with Crippen LogP contribution in [0.2, 0.25) is 0 Å². The molecule has 0 spiro atoms. The predicted octanol–water partition coefficient (Wildman–Crippen LogP) is 4.90. The average Bonchev–Trinajstić information content (AvgIpc) is 3.19. The van der Waals surface area contributed by atoms with Crippen molar-refractivity contribution in [3.8, 4) is 0 Å². The summed E-state index contributed by atoms with van der Waals surface area (Å²) in [5.41, 5.74) is 1.78. The Morgan fingerprint density at radius 1 is 1.50 bits per heavy atom. The first kappa shape index (κ1) is 15.4. The molecule has 3 rings (SSSR count). The smallest absolute Gasteiger partial charge is 0.171 e. The van der Waals surface area contributed by atoms with Gasteiger partial charge in [0, 0.05) is 33.0 Å². The van der Waals surface area contributed by atoms with Gasteiger partial charge < -0.3 is 5.32 Å². The van der Waals surface area contributed by atoms with E-state index in [-0.39, 0.29) is 5.41 Å². The van der Waals surface area contributed by atoms with Crippen molar-refractivity contribution in [2.24, 2.45) is 5.41 Å². The third-order valence-corrected chi connectivity index (χ3v) is 5.78. The van der Waals surface area contributed by atoms with Gasteiger partial charge in [-0.3, -0.25) is 4.79 Å².